The molecule has 5 nitrogen and oxygen atoms in total. The second-order valence-corrected chi connectivity index (χ2v) is 8.56. The molecule has 0 unspecified atom stereocenters. The van der Waals surface area contributed by atoms with E-state index in [0.29, 0.717) is 0 Å². The van der Waals surface area contributed by atoms with Crippen molar-refractivity contribution in [2.24, 2.45) is 0 Å². The minimum Gasteiger partial charge on any atom is -0.378 e. The molecule has 6 rings (SSSR count). The Labute approximate surface area is 167 Å². The Bertz CT molecular complexity index is 1160. The number of aromatic amines is 1. The Morgan fingerprint density at radius 1 is 1.00 bits per heavy atom. The Hall–Kier alpha value is -2.57. The van der Waals surface area contributed by atoms with Crippen molar-refractivity contribution in [1.29, 1.82) is 0 Å². The highest BCUT2D eigenvalue weighted by atomic mass is 32.1. The van der Waals surface area contributed by atoms with E-state index in [-0.39, 0.29) is 0 Å². The van der Waals surface area contributed by atoms with Gasteiger partial charge < -0.3 is 19.5 Å². The second kappa shape index (κ2) is 6.50. The molecule has 6 heteroatoms. The average Bonchev–Trinajstić information content (AvgIpc) is 3.34. The van der Waals surface area contributed by atoms with Crippen molar-refractivity contribution < 1.29 is 4.74 Å². The van der Waals surface area contributed by atoms with Gasteiger partial charge in [-0.2, -0.15) is 0 Å². The maximum Gasteiger partial charge on any atom is 0.186 e. The minimum absolute atomic E-state index is 0.793. The van der Waals surface area contributed by atoms with Crippen molar-refractivity contribution in [3.63, 3.8) is 0 Å². The first-order valence-electron chi connectivity index (χ1n) is 9.92. The number of morpholine rings is 1. The number of rotatable bonds is 2. The van der Waals surface area contributed by atoms with Gasteiger partial charge in [0, 0.05) is 41.9 Å². The zero-order chi connectivity index (χ0) is 18.5. The molecule has 142 valence electrons. The van der Waals surface area contributed by atoms with Gasteiger partial charge in [-0.05, 0) is 36.2 Å². The molecular formula is C22H22N4OS. The molecule has 28 heavy (non-hydrogen) atoms. The summed E-state index contributed by atoms with van der Waals surface area (Å²) in [6, 6.07) is 15.3. The topological polar surface area (TPSA) is 44.4 Å². The lowest BCUT2D eigenvalue weighted by atomic mass is 10.0. The fraction of sp³-hybridized carbons (Fsp3) is 0.318. The summed E-state index contributed by atoms with van der Waals surface area (Å²) in [6.07, 6.45) is 1.08. The van der Waals surface area contributed by atoms with Crippen molar-refractivity contribution >= 4 is 43.3 Å². The van der Waals surface area contributed by atoms with Crippen LogP contribution in [0.4, 0.5) is 10.8 Å². The number of nitrogens with zero attached hydrogens (tertiary/aromatic N) is 3. The standard InChI is InChI=1S/C22H22N4OS/c1-2-4-18-16(3-1)17-7-8-26(14-20(17)23-18)15-5-6-19-21(13-15)28-22(24-19)25-9-11-27-12-10-25/h1-6,13,23H,7-12,14H2. The average molecular weight is 391 g/mol. The van der Waals surface area contributed by atoms with Crippen LogP contribution in [-0.4, -0.2) is 42.8 Å². The van der Waals surface area contributed by atoms with E-state index in [2.05, 4.69) is 57.2 Å². The van der Waals surface area contributed by atoms with Crippen LogP contribution in [0, 0.1) is 0 Å². The normalized spacial score (nSPS) is 17.4. The van der Waals surface area contributed by atoms with E-state index in [1.165, 1.54) is 32.5 Å². The number of thiazole rings is 1. The third kappa shape index (κ3) is 2.67. The van der Waals surface area contributed by atoms with Crippen molar-refractivity contribution in [1.82, 2.24) is 9.97 Å². The van der Waals surface area contributed by atoms with Crippen molar-refractivity contribution in [2.45, 2.75) is 13.0 Å². The molecule has 2 aromatic heterocycles. The Balaban J connectivity index is 1.30. The highest BCUT2D eigenvalue weighted by Crippen LogP contribution is 2.34. The molecule has 0 radical (unpaired) electrons. The molecular weight excluding hydrogens is 368 g/mol. The molecule has 0 spiro atoms. The number of hydrogen-bond acceptors (Lipinski definition) is 5. The molecule has 1 N–H and O–H groups in total. The van der Waals surface area contributed by atoms with Gasteiger partial charge >= 0.3 is 0 Å². The number of hydrogen-bond donors (Lipinski definition) is 1. The van der Waals surface area contributed by atoms with Crippen LogP contribution in [0.25, 0.3) is 21.1 Å². The lowest BCUT2D eigenvalue weighted by Gasteiger charge is -2.29. The molecule has 0 atom stereocenters. The Morgan fingerprint density at radius 2 is 1.89 bits per heavy atom. The molecule has 0 saturated carbocycles. The van der Waals surface area contributed by atoms with Gasteiger partial charge in [-0.25, -0.2) is 4.98 Å². The number of anilines is 2. The number of H-pyrrole nitrogens is 1. The van der Waals surface area contributed by atoms with E-state index >= 15 is 0 Å². The predicted octanol–water partition coefficient (Wildman–Crippen LogP) is 4.18. The van der Waals surface area contributed by atoms with E-state index in [0.717, 1.165) is 56.5 Å². The third-order valence-corrected chi connectivity index (χ3v) is 6.97. The van der Waals surface area contributed by atoms with Gasteiger partial charge in [0.1, 0.15) is 0 Å². The van der Waals surface area contributed by atoms with Crippen LogP contribution in [0.15, 0.2) is 42.5 Å². The SMILES string of the molecule is c1ccc2c3c([nH]c2c1)CN(c1ccc2nc(N4CCOCC4)sc2c1)CC3. The molecule has 2 aliphatic rings. The monoisotopic (exact) mass is 390 g/mol. The maximum absolute atomic E-state index is 5.47. The van der Waals surface area contributed by atoms with Gasteiger partial charge in [0.2, 0.25) is 0 Å². The first-order valence-corrected chi connectivity index (χ1v) is 10.7. The van der Waals surface area contributed by atoms with E-state index in [9.17, 15) is 0 Å². The fourth-order valence-corrected chi connectivity index (χ4v) is 5.45. The van der Waals surface area contributed by atoms with Gasteiger partial charge in [-0.15, -0.1) is 0 Å². The zero-order valence-corrected chi connectivity index (χ0v) is 16.5. The number of ether oxygens (including phenoxy) is 1. The molecule has 2 aromatic carbocycles. The van der Waals surface area contributed by atoms with E-state index in [1.807, 2.05) is 0 Å². The zero-order valence-electron chi connectivity index (χ0n) is 15.6. The third-order valence-electron chi connectivity index (χ3n) is 5.89. The van der Waals surface area contributed by atoms with Crippen molar-refractivity contribution in [3.05, 3.63) is 53.7 Å². The van der Waals surface area contributed by atoms with Crippen LogP contribution in [0.5, 0.6) is 0 Å². The quantitative estimate of drug-likeness (QED) is 0.558. The van der Waals surface area contributed by atoms with Crippen LogP contribution in [0.3, 0.4) is 0 Å². The fourth-order valence-electron chi connectivity index (χ4n) is 4.40. The molecule has 1 fully saturated rings. The lowest BCUT2D eigenvalue weighted by Crippen LogP contribution is -2.36. The van der Waals surface area contributed by atoms with Gasteiger partial charge in [0.05, 0.1) is 30.0 Å². The van der Waals surface area contributed by atoms with Crippen LogP contribution in [0.1, 0.15) is 11.3 Å². The minimum atomic E-state index is 0.793. The van der Waals surface area contributed by atoms with Crippen LogP contribution in [-0.2, 0) is 17.7 Å². The van der Waals surface area contributed by atoms with E-state index in [1.54, 1.807) is 11.3 Å². The van der Waals surface area contributed by atoms with Gasteiger partial charge in [-0.3, -0.25) is 0 Å². The van der Waals surface area contributed by atoms with Crippen LogP contribution >= 0.6 is 11.3 Å². The van der Waals surface area contributed by atoms with Crippen LogP contribution < -0.4 is 9.80 Å². The van der Waals surface area contributed by atoms with Crippen molar-refractivity contribution in [2.75, 3.05) is 42.6 Å². The van der Waals surface area contributed by atoms with Crippen LogP contribution in [0.2, 0.25) is 0 Å². The molecule has 0 bridgehead atoms. The molecule has 0 amide bonds. The molecule has 4 heterocycles. The number of fused-ring (bicyclic) bond motifs is 4. The summed E-state index contributed by atoms with van der Waals surface area (Å²) >= 11 is 1.80. The number of nitrogens with one attached hydrogen (secondary N) is 1. The Kier molecular flexibility index (Phi) is 3.80. The first kappa shape index (κ1) is 16.4. The second-order valence-electron chi connectivity index (χ2n) is 7.55. The Morgan fingerprint density at radius 3 is 2.82 bits per heavy atom. The molecule has 4 aromatic rings. The molecule has 2 aliphatic heterocycles. The largest absolute Gasteiger partial charge is 0.378 e. The summed E-state index contributed by atoms with van der Waals surface area (Å²) in [5.74, 6) is 0. The number of benzene rings is 2. The highest BCUT2D eigenvalue weighted by Gasteiger charge is 2.21. The van der Waals surface area contributed by atoms with E-state index in [4.69, 9.17) is 9.72 Å². The van der Waals surface area contributed by atoms with Crippen molar-refractivity contribution in [3.8, 4) is 0 Å². The lowest BCUT2D eigenvalue weighted by molar-refractivity contribution is 0.122. The number of aromatic nitrogens is 2. The maximum atomic E-state index is 5.47. The smallest absolute Gasteiger partial charge is 0.186 e. The van der Waals surface area contributed by atoms with Gasteiger partial charge in [0.25, 0.3) is 0 Å². The molecule has 1 saturated heterocycles. The highest BCUT2D eigenvalue weighted by molar-refractivity contribution is 7.22. The first-order chi connectivity index (χ1) is 13.8. The summed E-state index contributed by atoms with van der Waals surface area (Å²) in [7, 11) is 0. The molecule has 0 aliphatic carbocycles. The summed E-state index contributed by atoms with van der Waals surface area (Å²) in [5, 5.41) is 2.50. The predicted molar refractivity (Wildman–Crippen MR) is 116 cm³/mol. The number of para-hydroxylation sites is 1. The summed E-state index contributed by atoms with van der Waals surface area (Å²) in [6.45, 7) is 5.44. The van der Waals surface area contributed by atoms with E-state index < -0.39 is 0 Å². The van der Waals surface area contributed by atoms with Gasteiger partial charge in [0.15, 0.2) is 5.13 Å². The van der Waals surface area contributed by atoms with Gasteiger partial charge in [-0.1, -0.05) is 29.5 Å². The summed E-state index contributed by atoms with van der Waals surface area (Å²) in [5.41, 5.74) is 6.47. The summed E-state index contributed by atoms with van der Waals surface area (Å²) < 4.78 is 6.73. The summed E-state index contributed by atoms with van der Waals surface area (Å²) in [4.78, 5) is 13.3.